The topological polar surface area (TPSA) is 55.4 Å². The van der Waals surface area contributed by atoms with Crippen LogP contribution in [0.15, 0.2) is 36.9 Å². The average Bonchev–Trinajstić information content (AvgIpc) is 3.17. The summed E-state index contributed by atoms with van der Waals surface area (Å²) in [7, 11) is -1.66. The van der Waals surface area contributed by atoms with Crippen molar-refractivity contribution >= 4 is 10.0 Å². The first-order valence-electron chi connectivity index (χ1n) is 6.28. The number of methoxy groups -OCH3 is 1. The van der Waals surface area contributed by atoms with Crippen LogP contribution in [0.1, 0.15) is 24.8 Å². The molecule has 0 atom stereocenters. The van der Waals surface area contributed by atoms with Crippen molar-refractivity contribution in [2.45, 2.75) is 24.8 Å². The Balaban J connectivity index is 2.17. The lowest BCUT2D eigenvalue weighted by atomic mass is 10.1. The lowest BCUT2D eigenvalue weighted by Crippen LogP contribution is -2.36. The molecule has 4 nitrogen and oxygen atoms in total. The third-order valence-corrected chi connectivity index (χ3v) is 4.79. The van der Waals surface area contributed by atoms with Crippen LogP contribution >= 0.6 is 0 Å². The van der Waals surface area contributed by atoms with Crippen LogP contribution in [-0.2, 0) is 15.6 Å². The fraction of sp³-hybridized carbons (Fsp3) is 0.429. The average molecular weight is 281 g/mol. The maximum Gasteiger partial charge on any atom is 0.212 e. The van der Waals surface area contributed by atoms with Crippen LogP contribution in [0.4, 0.5) is 0 Å². The van der Waals surface area contributed by atoms with Crippen molar-refractivity contribution in [1.82, 2.24) is 4.72 Å². The number of sulfonamides is 1. The zero-order valence-electron chi connectivity index (χ0n) is 11.1. The second-order valence-corrected chi connectivity index (χ2v) is 6.65. The van der Waals surface area contributed by atoms with E-state index in [1.165, 1.54) is 0 Å². The van der Waals surface area contributed by atoms with Gasteiger partial charge in [-0.1, -0.05) is 18.2 Å². The fourth-order valence-corrected chi connectivity index (χ4v) is 3.58. The van der Waals surface area contributed by atoms with Gasteiger partial charge < -0.3 is 4.74 Å². The van der Waals surface area contributed by atoms with Crippen LogP contribution in [0.3, 0.4) is 0 Å². The van der Waals surface area contributed by atoms with Gasteiger partial charge in [0.2, 0.25) is 10.0 Å². The van der Waals surface area contributed by atoms with Crippen LogP contribution in [0.5, 0.6) is 5.75 Å². The summed E-state index contributed by atoms with van der Waals surface area (Å²) in [4.78, 5) is 0. The highest BCUT2D eigenvalue weighted by molar-refractivity contribution is 7.89. The van der Waals surface area contributed by atoms with Gasteiger partial charge in [0.05, 0.1) is 18.4 Å². The third kappa shape index (κ3) is 3.36. The number of hydrogen-bond acceptors (Lipinski definition) is 3. The van der Waals surface area contributed by atoms with Crippen molar-refractivity contribution in [3.63, 3.8) is 0 Å². The maximum absolute atomic E-state index is 12.0. The number of nitrogens with one attached hydrogen (secondary N) is 1. The first kappa shape index (κ1) is 14.1. The van der Waals surface area contributed by atoms with Crippen molar-refractivity contribution in [2.75, 3.05) is 12.9 Å². The van der Waals surface area contributed by atoms with E-state index in [1.807, 2.05) is 24.3 Å². The first-order chi connectivity index (χ1) is 9.01. The van der Waals surface area contributed by atoms with Gasteiger partial charge in [0.25, 0.3) is 0 Å². The largest absolute Gasteiger partial charge is 0.497 e. The molecule has 0 spiro atoms. The summed E-state index contributed by atoms with van der Waals surface area (Å²) in [5.41, 5.74) is 0.531. The van der Waals surface area contributed by atoms with Gasteiger partial charge in [-0.05, 0) is 37.0 Å². The van der Waals surface area contributed by atoms with Crippen LogP contribution in [0.2, 0.25) is 0 Å². The van der Waals surface area contributed by atoms with Gasteiger partial charge in [-0.15, -0.1) is 6.58 Å². The second-order valence-electron chi connectivity index (χ2n) is 4.81. The Kier molecular flexibility index (Phi) is 3.96. The molecule has 1 fully saturated rings. The Morgan fingerprint density at radius 1 is 1.47 bits per heavy atom. The molecule has 2 rings (SSSR count). The Morgan fingerprint density at radius 3 is 2.79 bits per heavy atom. The number of allylic oxidation sites excluding steroid dienone is 1. The summed E-state index contributed by atoms with van der Waals surface area (Å²) >= 11 is 0. The minimum absolute atomic E-state index is 0.0855. The van der Waals surface area contributed by atoms with E-state index >= 15 is 0 Å². The molecular weight excluding hydrogens is 262 g/mol. The minimum atomic E-state index is -3.27. The zero-order valence-corrected chi connectivity index (χ0v) is 11.9. The molecule has 0 radical (unpaired) electrons. The molecule has 5 heteroatoms. The Hall–Kier alpha value is -1.33. The lowest BCUT2D eigenvalue weighted by molar-refractivity contribution is 0.413. The van der Waals surface area contributed by atoms with Crippen molar-refractivity contribution in [2.24, 2.45) is 0 Å². The Bertz CT molecular complexity index is 562. The molecule has 104 valence electrons. The number of ether oxygens (including phenoxy) is 1. The van der Waals surface area contributed by atoms with Crippen molar-refractivity contribution in [3.05, 3.63) is 42.5 Å². The number of rotatable bonds is 7. The molecule has 0 heterocycles. The highest BCUT2D eigenvalue weighted by Crippen LogP contribution is 2.46. The summed E-state index contributed by atoms with van der Waals surface area (Å²) in [6.45, 7) is 3.55. The summed E-state index contributed by atoms with van der Waals surface area (Å²) in [6.07, 6.45) is 3.73. The van der Waals surface area contributed by atoms with Crippen LogP contribution in [0, 0.1) is 0 Å². The van der Waals surface area contributed by atoms with E-state index in [4.69, 9.17) is 4.74 Å². The van der Waals surface area contributed by atoms with E-state index in [0.29, 0.717) is 6.42 Å². The molecule has 0 aliphatic heterocycles. The van der Waals surface area contributed by atoms with Crippen LogP contribution < -0.4 is 9.46 Å². The minimum Gasteiger partial charge on any atom is -0.497 e. The molecule has 0 aromatic heterocycles. The molecule has 1 saturated carbocycles. The molecule has 1 aromatic carbocycles. The number of benzene rings is 1. The van der Waals surface area contributed by atoms with Gasteiger partial charge in [0, 0.05) is 0 Å². The molecule has 1 aliphatic carbocycles. The molecule has 19 heavy (non-hydrogen) atoms. The van der Waals surface area contributed by atoms with Crippen LogP contribution in [-0.4, -0.2) is 21.3 Å². The summed E-state index contributed by atoms with van der Waals surface area (Å²) in [5, 5.41) is 0. The quantitative estimate of drug-likeness (QED) is 0.779. The highest BCUT2D eigenvalue weighted by Gasteiger charge is 2.47. The Labute approximate surface area is 114 Å². The summed E-state index contributed by atoms with van der Waals surface area (Å²) in [5.74, 6) is 0.830. The van der Waals surface area contributed by atoms with Gasteiger partial charge in [0.15, 0.2) is 0 Å². The zero-order chi connectivity index (χ0) is 13.9. The van der Waals surface area contributed by atoms with Gasteiger partial charge >= 0.3 is 0 Å². The maximum atomic E-state index is 12.0. The SMILES string of the molecule is C=CCCS(=O)(=O)NC1(c2cccc(OC)c2)CC1. The fourth-order valence-electron chi connectivity index (χ4n) is 2.08. The Morgan fingerprint density at radius 2 is 2.21 bits per heavy atom. The molecule has 1 aromatic rings. The standard InChI is InChI=1S/C14H19NO3S/c1-3-4-10-19(16,17)15-14(8-9-14)12-6-5-7-13(11-12)18-2/h3,5-7,11,15H,1,4,8-10H2,2H3. The molecule has 1 aliphatic rings. The smallest absolute Gasteiger partial charge is 0.212 e. The second kappa shape index (κ2) is 5.35. The molecule has 0 unspecified atom stereocenters. The monoisotopic (exact) mass is 281 g/mol. The summed E-state index contributed by atoms with van der Waals surface area (Å²) < 4.78 is 32.0. The predicted octanol–water partition coefficient (Wildman–Crippen LogP) is 2.18. The van der Waals surface area contributed by atoms with Crippen molar-refractivity contribution in [3.8, 4) is 5.75 Å². The first-order valence-corrected chi connectivity index (χ1v) is 7.94. The molecule has 0 amide bonds. The van der Waals surface area contributed by atoms with Crippen molar-refractivity contribution < 1.29 is 13.2 Å². The van der Waals surface area contributed by atoms with Crippen LogP contribution in [0.25, 0.3) is 0 Å². The van der Waals surface area contributed by atoms with E-state index in [-0.39, 0.29) is 5.75 Å². The van der Waals surface area contributed by atoms with E-state index in [9.17, 15) is 8.42 Å². The van der Waals surface area contributed by atoms with Gasteiger partial charge in [0.1, 0.15) is 5.75 Å². The van der Waals surface area contributed by atoms with E-state index in [2.05, 4.69) is 11.3 Å². The van der Waals surface area contributed by atoms with E-state index in [1.54, 1.807) is 13.2 Å². The van der Waals surface area contributed by atoms with Gasteiger partial charge in [-0.2, -0.15) is 0 Å². The normalized spacial score (nSPS) is 16.9. The number of hydrogen-bond donors (Lipinski definition) is 1. The molecule has 0 bridgehead atoms. The third-order valence-electron chi connectivity index (χ3n) is 3.31. The predicted molar refractivity (Wildman–Crippen MR) is 75.6 cm³/mol. The van der Waals surface area contributed by atoms with Gasteiger partial charge in [-0.3, -0.25) is 0 Å². The lowest BCUT2D eigenvalue weighted by Gasteiger charge is -2.18. The molecule has 1 N–H and O–H groups in total. The van der Waals surface area contributed by atoms with E-state index in [0.717, 1.165) is 24.2 Å². The molecule has 0 saturated heterocycles. The van der Waals surface area contributed by atoms with Gasteiger partial charge in [-0.25, -0.2) is 13.1 Å². The molecular formula is C14H19NO3S. The highest BCUT2D eigenvalue weighted by atomic mass is 32.2. The van der Waals surface area contributed by atoms with E-state index < -0.39 is 15.6 Å². The van der Waals surface area contributed by atoms with Crippen molar-refractivity contribution in [1.29, 1.82) is 0 Å². The summed E-state index contributed by atoms with van der Waals surface area (Å²) in [6, 6.07) is 7.56.